The van der Waals surface area contributed by atoms with E-state index in [-0.39, 0.29) is 16.3 Å². The van der Waals surface area contributed by atoms with Crippen molar-refractivity contribution in [3.8, 4) is 0 Å². The summed E-state index contributed by atoms with van der Waals surface area (Å²) in [5.41, 5.74) is -5.21. The second kappa shape index (κ2) is 11.4. The Morgan fingerprint density at radius 1 is 0.810 bits per heavy atom. The molecular formula is C27H19ClF6N2O5S. The lowest BCUT2D eigenvalue weighted by Gasteiger charge is -2.41. The maximum Gasteiger partial charge on any atom is 0.416 e. The zero-order valence-corrected chi connectivity index (χ0v) is 22.6. The highest BCUT2D eigenvalue weighted by Crippen LogP contribution is 2.45. The van der Waals surface area contributed by atoms with Gasteiger partial charge in [0.25, 0.3) is 0 Å². The number of anilines is 2. The maximum atomic E-state index is 14.1. The Labute approximate surface area is 243 Å². The third kappa shape index (κ3) is 6.28. The molecule has 0 radical (unpaired) electrons. The molecule has 2 amide bonds. The van der Waals surface area contributed by atoms with Gasteiger partial charge in [-0.05, 0) is 42.5 Å². The summed E-state index contributed by atoms with van der Waals surface area (Å²) < 4.78 is 80.5. The first kappa shape index (κ1) is 31.0. The maximum absolute atomic E-state index is 14.1. The van der Waals surface area contributed by atoms with Gasteiger partial charge in [0.1, 0.15) is 0 Å². The Morgan fingerprint density at radius 3 is 1.69 bits per heavy atom. The molecule has 0 aromatic heterocycles. The van der Waals surface area contributed by atoms with Crippen LogP contribution in [0.3, 0.4) is 0 Å². The summed E-state index contributed by atoms with van der Waals surface area (Å²) in [7, 11) is 0. The lowest BCUT2D eigenvalue weighted by atomic mass is 9.80. The minimum Gasteiger partial charge on any atom is -0.465 e. The number of carbonyl (C=O) groups is 3. The Bertz CT molecular complexity index is 1470. The van der Waals surface area contributed by atoms with Gasteiger partial charge in [-0.15, -0.1) is 11.8 Å². The quantitative estimate of drug-likeness (QED) is 0.267. The largest absolute Gasteiger partial charge is 0.465 e. The summed E-state index contributed by atoms with van der Waals surface area (Å²) in [6.07, 6.45) is -13.1. The first-order valence-electron chi connectivity index (χ1n) is 11.8. The number of amides is 2. The standard InChI is InChI=1S/C27H19ClF6N2O5S/c28-20-9-3-8-19-21(20)42-14-25(22(19)37,12-35(23(38)39)17-6-1-4-15(10-17)26(29,30)31)13-36(24(40)41)18-7-2-5-16(11-18)27(32,33)34/h1-11H,12-14H2,(H,38,39)(H,40,41). The van der Waals surface area contributed by atoms with Gasteiger partial charge in [-0.2, -0.15) is 26.3 Å². The van der Waals surface area contributed by atoms with Crippen LogP contribution < -0.4 is 9.80 Å². The zero-order chi connectivity index (χ0) is 31.0. The lowest BCUT2D eigenvalue weighted by Crippen LogP contribution is -2.55. The number of alkyl halides is 6. The molecule has 0 saturated carbocycles. The number of hydrogen-bond acceptors (Lipinski definition) is 4. The summed E-state index contributed by atoms with van der Waals surface area (Å²) in [6.45, 7) is -1.66. The predicted octanol–water partition coefficient (Wildman–Crippen LogP) is 8.02. The van der Waals surface area contributed by atoms with Gasteiger partial charge in [-0.25, -0.2) is 9.59 Å². The fourth-order valence-electron chi connectivity index (χ4n) is 4.53. The SMILES string of the molecule is O=C(O)N(CC1(CN(C(=O)O)c2cccc(C(F)(F)F)c2)CSc2c(Cl)cccc2C1=O)c1cccc(C(F)(F)F)c1. The molecule has 1 heterocycles. The van der Waals surface area contributed by atoms with E-state index in [1.165, 1.54) is 18.2 Å². The summed E-state index contributed by atoms with van der Waals surface area (Å²) in [6, 6.07) is 11.0. The number of thioether (sulfide) groups is 1. The Balaban J connectivity index is 1.86. The average Bonchev–Trinajstić information content (AvgIpc) is 2.91. The molecule has 0 atom stereocenters. The molecule has 0 spiro atoms. The average molecular weight is 633 g/mol. The monoisotopic (exact) mass is 632 g/mol. The van der Waals surface area contributed by atoms with E-state index in [1.54, 1.807) is 0 Å². The number of hydrogen-bond donors (Lipinski definition) is 2. The first-order chi connectivity index (χ1) is 19.5. The molecule has 3 aromatic carbocycles. The Kier molecular flexibility index (Phi) is 8.43. The fraction of sp³-hybridized carbons (Fsp3) is 0.222. The second-order valence-electron chi connectivity index (χ2n) is 9.35. The van der Waals surface area contributed by atoms with Crippen molar-refractivity contribution < 1.29 is 50.9 Å². The summed E-state index contributed by atoms with van der Waals surface area (Å²) >= 11 is 7.22. The van der Waals surface area contributed by atoms with Gasteiger partial charge in [0.2, 0.25) is 0 Å². The van der Waals surface area contributed by atoms with E-state index in [4.69, 9.17) is 11.6 Å². The molecule has 7 nitrogen and oxygen atoms in total. The Morgan fingerprint density at radius 2 is 1.26 bits per heavy atom. The van der Waals surface area contributed by atoms with Gasteiger partial charge < -0.3 is 10.2 Å². The molecule has 0 aliphatic carbocycles. The number of rotatable bonds is 6. The van der Waals surface area contributed by atoms with Crippen LogP contribution in [0, 0.1) is 5.41 Å². The highest BCUT2D eigenvalue weighted by atomic mass is 35.5. The van der Waals surface area contributed by atoms with Gasteiger partial charge in [-0.1, -0.05) is 35.9 Å². The molecular weight excluding hydrogens is 614 g/mol. The van der Waals surface area contributed by atoms with Gasteiger partial charge in [0.15, 0.2) is 5.78 Å². The van der Waals surface area contributed by atoms with E-state index in [9.17, 15) is 50.9 Å². The second-order valence-corrected chi connectivity index (χ2v) is 10.7. The van der Waals surface area contributed by atoms with Crippen molar-refractivity contribution >= 4 is 52.7 Å². The van der Waals surface area contributed by atoms with Crippen LogP contribution in [-0.4, -0.2) is 47.0 Å². The van der Waals surface area contributed by atoms with Crippen LogP contribution in [-0.2, 0) is 12.4 Å². The summed E-state index contributed by atoms with van der Waals surface area (Å²) in [5.74, 6) is -1.08. The third-order valence-corrected chi connectivity index (χ3v) is 8.39. The first-order valence-corrected chi connectivity index (χ1v) is 13.2. The van der Waals surface area contributed by atoms with Crippen molar-refractivity contribution in [2.45, 2.75) is 17.2 Å². The van der Waals surface area contributed by atoms with E-state index >= 15 is 0 Å². The van der Waals surface area contributed by atoms with Crippen molar-refractivity contribution in [2.75, 3.05) is 28.6 Å². The smallest absolute Gasteiger partial charge is 0.416 e. The number of nitrogens with zero attached hydrogens (tertiary/aromatic N) is 2. The number of fused-ring (bicyclic) bond motifs is 1. The molecule has 1 aliphatic rings. The van der Waals surface area contributed by atoms with E-state index in [0.29, 0.717) is 26.8 Å². The molecule has 222 valence electrons. The van der Waals surface area contributed by atoms with Crippen molar-refractivity contribution in [3.63, 3.8) is 0 Å². The molecule has 42 heavy (non-hydrogen) atoms. The van der Waals surface area contributed by atoms with Gasteiger partial charge >= 0.3 is 24.5 Å². The van der Waals surface area contributed by atoms with Crippen LogP contribution in [0.25, 0.3) is 0 Å². The molecule has 15 heteroatoms. The number of benzene rings is 3. The molecule has 3 aromatic rings. The minimum atomic E-state index is -4.83. The lowest BCUT2D eigenvalue weighted by molar-refractivity contribution is -0.138. The summed E-state index contributed by atoms with van der Waals surface area (Å²) in [4.78, 5) is 40.1. The van der Waals surface area contributed by atoms with Crippen LogP contribution in [0.1, 0.15) is 21.5 Å². The van der Waals surface area contributed by atoms with Crippen molar-refractivity contribution in [1.82, 2.24) is 0 Å². The molecule has 4 rings (SSSR count). The highest BCUT2D eigenvalue weighted by Gasteiger charge is 2.48. The van der Waals surface area contributed by atoms with Crippen LogP contribution in [0.2, 0.25) is 5.02 Å². The normalized spacial score (nSPS) is 14.7. The van der Waals surface area contributed by atoms with E-state index < -0.39 is 71.3 Å². The topological polar surface area (TPSA) is 98.2 Å². The third-order valence-electron chi connectivity index (χ3n) is 6.54. The number of carboxylic acid groups (broad SMARTS) is 2. The number of ketones is 1. The number of Topliss-reactive ketones (excluding diaryl/α,β-unsaturated/α-hetero) is 1. The predicted molar refractivity (Wildman–Crippen MR) is 143 cm³/mol. The van der Waals surface area contributed by atoms with Gasteiger partial charge in [0, 0.05) is 40.7 Å². The number of carbonyl (C=O) groups excluding carboxylic acids is 1. The van der Waals surface area contributed by atoms with Crippen molar-refractivity contribution in [1.29, 1.82) is 0 Å². The molecule has 2 N–H and O–H groups in total. The van der Waals surface area contributed by atoms with Crippen LogP contribution in [0.15, 0.2) is 71.6 Å². The van der Waals surface area contributed by atoms with Crippen LogP contribution in [0.5, 0.6) is 0 Å². The Hall–Kier alpha value is -3.91. The zero-order valence-electron chi connectivity index (χ0n) is 21.0. The highest BCUT2D eigenvalue weighted by molar-refractivity contribution is 7.99. The molecule has 0 fully saturated rings. The molecule has 1 aliphatic heterocycles. The van der Waals surface area contributed by atoms with Gasteiger partial charge in [-0.3, -0.25) is 14.6 Å². The van der Waals surface area contributed by atoms with Crippen molar-refractivity contribution in [2.24, 2.45) is 5.41 Å². The van der Waals surface area contributed by atoms with E-state index in [2.05, 4.69) is 0 Å². The number of halogens is 7. The van der Waals surface area contributed by atoms with Crippen LogP contribution in [0.4, 0.5) is 47.3 Å². The van der Waals surface area contributed by atoms with Gasteiger partial charge in [0.05, 0.1) is 21.6 Å². The van der Waals surface area contributed by atoms with Crippen LogP contribution >= 0.6 is 23.4 Å². The molecule has 0 bridgehead atoms. The van der Waals surface area contributed by atoms with E-state index in [0.717, 1.165) is 48.2 Å². The summed E-state index contributed by atoms with van der Waals surface area (Å²) in [5, 5.41) is 20.2. The molecule has 0 unspecified atom stereocenters. The van der Waals surface area contributed by atoms with Crippen molar-refractivity contribution in [3.05, 3.63) is 88.4 Å². The van der Waals surface area contributed by atoms with E-state index in [1.807, 2.05) is 0 Å². The minimum absolute atomic E-state index is 0.00233. The molecule has 0 saturated heterocycles. The fourth-order valence-corrected chi connectivity index (χ4v) is 6.12.